The molecule has 0 unspecified atom stereocenters. The summed E-state index contributed by atoms with van der Waals surface area (Å²) in [4.78, 5) is 30.6. The van der Waals surface area contributed by atoms with Gasteiger partial charge in [0.1, 0.15) is 0 Å². The summed E-state index contributed by atoms with van der Waals surface area (Å²) < 4.78 is 4.74. The number of amides is 1. The topological polar surface area (TPSA) is 71.5 Å². The molecule has 1 N–H and O–H groups in total. The molecule has 0 saturated carbocycles. The zero-order valence-electron chi connectivity index (χ0n) is 15.2. The van der Waals surface area contributed by atoms with Gasteiger partial charge in [-0.2, -0.15) is 0 Å². The van der Waals surface area contributed by atoms with Crippen molar-refractivity contribution in [2.75, 3.05) is 25.5 Å². The van der Waals surface area contributed by atoms with Gasteiger partial charge in [0.15, 0.2) is 0 Å². The molecule has 1 aromatic heterocycles. The highest BCUT2D eigenvalue weighted by atomic mass is 35.5. The van der Waals surface area contributed by atoms with Crippen LogP contribution < -0.4 is 5.32 Å². The van der Waals surface area contributed by atoms with E-state index >= 15 is 0 Å². The molecule has 27 heavy (non-hydrogen) atoms. The van der Waals surface area contributed by atoms with Crippen molar-refractivity contribution in [1.29, 1.82) is 0 Å². The Morgan fingerprint density at radius 3 is 2.52 bits per heavy atom. The molecule has 0 bridgehead atoms. The van der Waals surface area contributed by atoms with Crippen LogP contribution in [0.4, 0.5) is 11.4 Å². The largest absolute Gasteiger partial charge is 0.465 e. The lowest BCUT2D eigenvalue weighted by molar-refractivity contribution is 0.0600. The second-order valence-electron chi connectivity index (χ2n) is 6.48. The lowest BCUT2D eigenvalue weighted by atomic mass is 10.2. The minimum atomic E-state index is -0.446. The summed E-state index contributed by atoms with van der Waals surface area (Å²) in [6.07, 6.45) is 7.59. The number of nitrogens with zero attached hydrogens (tertiary/aromatic N) is 2. The van der Waals surface area contributed by atoms with Gasteiger partial charge in [-0.1, -0.05) is 24.4 Å². The van der Waals surface area contributed by atoms with Gasteiger partial charge in [-0.25, -0.2) is 4.79 Å². The Morgan fingerprint density at radius 1 is 1.07 bits per heavy atom. The summed E-state index contributed by atoms with van der Waals surface area (Å²) in [7, 11) is 1.33. The molecular weight excluding hydrogens is 366 g/mol. The van der Waals surface area contributed by atoms with Crippen LogP contribution in [0.5, 0.6) is 0 Å². The fourth-order valence-electron chi connectivity index (χ4n) is 3.10. The number of hydrogen-bond acceptors (Lipinski definition) is 5. The first-order valence-corrected chi connectivity index (χ1v) is 9.35. The summed E-state index contributed by atoms with van der Waals surface area (Å²) in [5.41, 5.74) is 2.08. The summed E-state index contributed by atoms with van der Waals surface area (Å²) in [6, 6.07) is 6.57. The monoisotopic (exact) mass is 387 g/mol. The zero-order valence-corrected chi connectivity index (χ0v) is 16.0. The molecule has 2 aromatic rings. The molecule has 2 heterocycles. The highest BCUT2D eigenvalue weighted by Crippen LogP contribution is 2.27. The predicted octanol–water partition coefficient (Wildman–Crippen LogP) is 4.28. The number of methoxy groups -OCH3 is 1. The highest BCUT2D eigenvalue weighted by Gasteiger charge is 2.18. The lowest BCUT2D eigenvalue weighted by Crippen LogP contribution is -2.31. The molecular formula is C20H22ClN3O3. The molecule has 0 aliphatic carbocycles. The maximum atomic E-state index is 12.8. The van der Waals surface area contributed by atoms with Gasteiger partial charge in [0.25, 0.3) is 5.91 Å². The Balaban J connectivity index is 1.80. The molecule has 3 rings (SSSR count). The molecule has 0 atom stereocenters. The van der Waals surface area contributed by atoms with Crippen LogP contribution in [0.1, 0.15) is 46.4 Å². The molecule has 1 aliphatic heterocycles. The Labute approximate surface area is 163 Å². The van der Waals surface area contributed by atoms with Crippen molar-refractivity contribution < 1.29 is 14.3 Å². The van der Waals surface area contributed by atoms with E-state index in [1.54, 1.807) is 36.7 Å². The van der Waals surface area contributed by atoms with E-state index in [0.29, 0.717) is 27.5 Å². The number of carbonyl (C=O) groups excluding carboxylic acids is 2. The molecule has 6 nitrogen and oxygen atoms in total. The fraction of sp³-hybridized carbons (Fsp3) is 0.350. The van der Waals surface area contributed by atoms with E-state index in [9.17, 15) is 9.59 Å². The average Bonchev–Trinajstić information content (AvgIpc) is 2.98. The molecule has 1 aromatic carbocycles. The standard InChI is InChI=1S/C20H22ClN3O3/c1-27-20(26)14-6-7-17(21)18(11-14)23-16-10-15(12-22-13-16)19(25)24-8-4-2-3-5-9-24/h6-7,10-13,23H,2-5,8-9H2,1H3. The van der Waals surface area contributed by atoms with Gasteiger partial charge < -0.3 is 15.0 Å². The van der Waals surface area contributed by atoms with Gasteiger partial charge in [0, 0.05) is 19.3 Å². The van der Waals surface area contributed by atoms with Crippen LogP contribution in [0.3, 0.4) is 0 Å². The Hall–Kier alpha value is -2.60. The number of aromatic nitrogens is 1. The molecule has 0 radical (unpaired) electrons. The number of rotatable bonds is 4. The minimum Gasteiger partial charge on any atom is -0.465 e. The van der Waals surface area contributed by atoms with Crippen LogP contribution in [0, 0.1) is 0 Å². The Kier molecular flexibility index (Phi) is 6.29. The number of ether oxygens (including phenoxy) is 1. The van der Waals surface area contributed by atoms with Crippen LogP contribution in [0.2, 0.25) is 5.02 Å². The van der Waals surface area contributed by atoms with E-state index in [2.05, 4.69) is 10.3 Å². The van der Waals surface area contributed by atoms with E-state index in [-0.39, 0.29) is 5.91 Å². The first-order valence-electron chi connectivity index (χ1n) is 8.97. The van der Waals surface area contributed by atoms with Crippen LogP contribution >= 0.6 is 11.6 Å². The number of likely N-dealkylation sites (tertiary alicyclic amines) is 1. The predicted molar refractivity (Wildman–Crippen MR) is 105 cm³/mol. The number of halogens is 1. The van der Waals surface area contributed by atoms with E-state index < -0.39 is 5.97 Å². The SMILES string of the molecule is COC(=O)c1ccc(Cl)c(Nc2cncc(C(=O)N3CCCCCC3)c2)c1. The number of anilines is 2. The number of benzene rings is 1. The van der Waals surface area contributed by atoms with Crippen molar-refractivity contribution in [3.63, 3.8) is 0 Å². The third-order valence-electron chi connectivity index (χ3n) is 4.54. The van der Waals surface area contributed by atoms with Gasteiger partial charge in [0.05, 0.1) is 40.8 Å². The van der Waals surface area contributed by atoms with Crippen LogP contribution in [-0.4, -0.2) is 42.0 Å². The molecule has 1 saturated heterocycles. The van der Waals surface area contributed by atoms with Crippen molar-refractivity contribution >= 4 is 34.9 Å². The summed E-state index contributed by atoms with van der Waals surface area (Å²) in [6.45, 7) is 1.56. The number of hydrogen-bond donors (Lipinski definition) is 1. The first-order chi connectivity index (χ1) is 13.1. The Morgan fingerprint density at radius 2 is 1.81 bits per heavy atom. The minimum absolute atomic E-state index is 0.0116. The number of nitrogens with one attached hydrogen (secondary N) is 1. The van der Waals surface area contributed by atoms with Gasteiger partial charge >= 0.3 is 5.97 Å². The van der Waals surface area contributed by atoms with Gasteiger partial charge in [-0.15, -0.1) is 0 Å². The van der Waals surface area contributed by atoms with E-state index in [1.165, 1.54) is 20.0 Å². The van der Waals surface area contributed by atoms with Crippen LogP contribution in [0.15, 0.2) is 36.7 Å². The third kappa shape index (κ3) is 4.77. The van der Waals surface area contributed by atoms with E-state index in [0.717, 1.165) is 25.9 Å². The molecule has 1 fully saturated rings. The van der Waals surface area contributed by atoms with Gasteiger partial charge in [-0.05, 0) is 37.1 Å². The molecule has 1 aliphatic rings. The van der Waals surface area contributed by atoms with Crippen molar-refractivity contribution in [3.8, 4) is 0 Å². The number of carbonyl (C=O) groups is 2. The third-order valence-corrected chi connectivity index (χ3v) is 4.87. The van der Waals surface area contributed by atoms with Crippen LogP contribution in [-0.2, 0) is 4.74 Å². The highest BCUT2D eigenvalue weighted by molar-refractivity contribution is 6.33. The molecule has 1 amide bonds. The van der Waals surface area contributed by atoms with Crippen molar-refractivity contribution in [1.82, 2.24) is 9.88 Å². The van der Waals surface area contributed by atoms with Crippen molar-refractivity contribution in [3.05, 3.63) is 52.8 Å². The summed E-state index contributed by atoms with van der Waals surface area (Å²) in [5, 5.41) is 3.58. The lowest BCUT2D eigenvalue weighted by Gasteiger charge is -2.20. The quantitative estimate of drug-likeness (QED) is 0.792. The van der Waals surface area contributed by atoms with E-state index in [4.69, 9.17) is 16.3 Å². The normalized spacial score (nSPS) is 14.4. The van der Waals surface area contributed by atoms with Gasteiger partial charge in [0.2, 0.25) is 0 Å². The van der Waals surface area contributed by atoms with Crippen LogP contribution in [0.25, 0.3) is 0 Å². The second-order valence-corrected chi connectivity index (χ2v) is 6.89. The molecule has 7 heteroatoms. The number of esters is 1. The first kappa shape index (κ1) is 19.2. The summed E-state index contributed by atoms with van der Waals surface area (Å²) >= 11 is 6.23. The molecule has 0 spiro atoms. The van der Waals surface area contributed by atoms with Crippen molar-refractivity contribution in [2.45, 2.75) is 25.7 Å². The van der Waals surface area contributed by atoms with E-state index in [1.807, 2.05) is 4.90 Å². The maximum Gasteiger partial charge on any atom is 0.337 e. The van der Waals surface area contributed by atoms with Crippen molar-refractivity contribution in [2.24, 2.45) is 0 Å². The second kappa shape index (κ2) is 8.86. The summed E-state index contributed by atoms with van der Waals surface area (Å²) in [5.74, 6) is -0.458. The maximum absolute atomic E-state index is 12.8. The zero-order chi connectivity index (χ0) is 19.2. The fourth-order valence-corrected chi connectivity index (χ4v) is 3.27. The average molecular weight is 388 g/mol. The molecule has 142 valence electrons. The number of pyridine rings is 1. The smallest absolute Gasteiger partial charge is 0.337 e. The Bertz CT molecular complexity index is 833. The van der Waals surface area contributed by atoms with Gasteiger partial charge in [-0.3, -0.25) is 9.78 Å².